The van der Waals surface area contributed by atoms with E-state index in [0.29, 0.717) is 28.3 Å². The topological polar surface area (TPSA) is 84.9 Å². The fourth-order valence-electron chi connectivity index (χ4n) is 3.61. The summed E-state index contributed by atoms with van der Waals surface area (Å²) in [6.07, 6.45) is 0. The third-order valence-electron chi connectivity index (χ3n) is 4.91. The Balaban J connectivity index is 2.07. The van der Waals surface area contributed by atoms with E-state index in [2.05, 4.69) is 5.32 Å². The second-order valence-electron chi connectivity index (χ2n) is 6.89. The first-order valence-corrected chi connectivity index (χ1v) is 9.29. The monoisotopic (exact) mass is 411 g/mol. The number of ether oxygens (including phenoxy) is 2. The van der Waals surface area contributed by atoms with E-state index in [1.807, 2.05) is 0 Å². The molecular formula is C23H22FNO5. The van der Waals surface area contributed by atoms with Gasteiger partial charge >= 0.3 is 11.9 Å². The minimum atomic E-state index is -1.15. The van der Waals surface area contributed by atoms with Gasteiger partial charge in [-0.25, -0.2) is 14.0 Å². The van der Waals surface area contributed by atoms with Crippen LogP contribution in [0.4, 0.5) is 4.39 Å². The van der Waals surface area contributed by atoms with Gasteiger partial charge in [-0.3, -0.25) is 0 Å². The van der Waals surface area contributed by atoms with Crippen LogP contribution in [0.1, 0.15) is 30.9 Å². The number of nitrogens with one attached hydrogen (secondary N) is 1. The van der Waals surface area contributed by atoms with Crippen molar-refractivity contribution in [2.75, 3.05) is 7.11 Å². The molecule has 0 spiro atoms. The van der Waals surface area contributed by atoms with E-state index in [0.717, 1.165) is 0 Å². The predicted molar refractivity (Wildman–Crippen MR) is 108 cm³/mol. The van der Waals surface area contributed by atoms with Crippen molar-refractivity contribution in [2.24, 2.45) is 0 Å². The number of dihydropyridines is 1. The minimum absolute atomic E-state index is 0.0304. The number of para-hydroxylation sites is 1. The van der Waals surface area contributed by atoms with Crippen LogP contribution in [0, 0.1) is 5.82 Å². The van der Waals surface area contributed by atoms with Gasteiger partial charge in [-0.05, 0) is 37.6 Å². The molecule has 2 N–H and O–H groups in total. The van der Waals surface area contributed by atoms with Gasteiger partial charge in [-0.1, -0.05) is 30.3 Å². The SMILES string of the molecule is COC(=O)C1=C(C)NC(C)=C(C(=O)O)C1c1ccccc1OCc1cccc(F)c1. The van der Waals surface area contributed by atoms with Gasteiger partial charge in [0, 0.05) is 17.0 Å². The van der Waals surface area contributed by atoms with Gasteiger partial charge in [-0.2, -0.15) is 0 Å². The zero-order chi connectivity index (χ0) is 21.8. The number of carbonyl (C=O) groups is 2. The van der Waals surface area contributed by atoms with Crippen LogP contribution in [0.2, 0.25) is 0 Å². The van der Waals surface area contributed by atoms with Crippen LogP contribution in [-0.2, 0) is 20.9 Å². The number of methoxy groups -OCH3 is 1. The zero-order valence-electron chi connectivity index (χ0n) is 16.9. The van der Waals surface area contributed by atoms with Crippen LogP contribution in [0.25, 0.3) is 0 Å². The third-order valence-corrected chi connectivity index (χ3v) is 4.91. The number of rotatable bonds is 6. The van der Waals surface area contributed by atoms with Crippen molar-refractivity contribution in [1.82, 2.24) is 5.32 Å². The van der Waals surface area contributed by atoms with Gasteiger partial charge < -0.3 is 19.9 Å². The third kappa shape index (κ3) is 4.20. The lowest BCUT2D eigenvalue weighted by Gasteiger charge is -2.30. The first-order chi connectivity index (χ1) is 14.3. The molecule has 2 aromatic rings. The van der Waals surface area contributed by atoms with Crippen LogP contribution in [0.15, 0.2) is 71.1 Å². The number of carboxylic acids is 1. The smallest absolute Gasteiger partial charge is 0.336 e. The lowest BCUT2D eigenvalue weighted by atomic mass is 9.80. The quantitative estimate of drug-likeness (QED) is 0.702. The summed E-state index contributed by atoms with van der Waals surface area (Å²) in [4.78, 5) is 24.6. The molecular weight excluding hydrogens is 389 g/mol. The van der Waals surface area contributed by atoms with Gasteiger partial charge in [0.25, 0.3) is 0 Å². The molecule has 1 heterocycles. The highest BCUT2D eigenvalue weighted by Crippen LogP contribution is 2.42. The highest BCUT2D eigenvalue weighted by Gasteiger charge is 2.38. The van der Waals surface area contributed by atoms with E-state index in [4.69, 9.17) is 9.47 Å². The summed E-state index contributed by atoms with van der Waals surface area (Å²) < 4.78 is 24.3. The average molecular weight is 411 g/mol. The van der Waals surface area contributed by atoms with Crippen LogP contribution in [0.5, 0.6) is 5.75 Å². The molecule has 0 saturated carbocycles. The first-order valence-electron chi connectivity index (χ1n) is 9.29. The second kappa shape index (κ2) is 8.82. The highest BCUT2D eigenvalue weighted by atomic mass is 19.1. The van der Waals surface area contributed by atoms with E-state index in [1.54, 1.807) is 50.2 Å². The van der Waals surface area contributed by atoms with Crippen LogP contribution in [-0.4, -0.2) is 24.2 Å². The molecule has 0 aliphatic carbocycles. The molecule has 1 aliphatic heterocycles. The van der Waals surface area contributed by atoms with Crippen molar-refractivity contribution < 1.29 is 28.6 Å². The fourth-order valence-corrected chi connectivity index (χ4v) is 3.61. The Morgan fingerprint density at radius 3 is 2.43 bits per heavy atom. The number of carbonyl (C=O) groups excluding carboxylic acids is 1. The lowest BCUT2D eigenvalue weighted by Crippen LogP contribution is -2.31. The lowest BCUT2D eigenvalue weighted by molar-refractivity contribution is -0.136. The average Bonchev–Trinajstić information content (AvgIpc) is 2.71. The van der Waals surface area contributed by atoms with Gasteiger partial charge in [-0.15, -0.1) is 0 Å². The highest BCUT2D eigenvalue weighted by molar-refractivity contribution is 5.99. The van der Waals surface area contributed by atoms with Crippen molar-refractivity contribution in [1.29, 1.82) is 0 Å². The van der Waals surface area contributed by atoms with Gasteiger partial charge in [0.15, 0.2) is 0 Å². The standard InChI is InChI=1S/C23H22FNO5/c1-13-19(22(26)27)21(20(14(2)25-13)23(28)29-3)17-9-4-5-10-18(17)30-12-15-7-6-8-16(24)11-15/h4-11,21,25H,12H2,1-3H3,(H,26,27). The van der Waals surface area contributed by atoms with Gasteiger partial charge in [0.1, 0.15) is 18.2 Å². The number of carboxylic acid groups (broad SMARTS) is 1. The van der Waals surface area contributed by atoms with Crippen molar-refractivity contribution in [3.8, 4) is 5.75 Å². The molecule has 6 nitrogen and oxygen atoms in total. The minimum Gasteiger partial charge on any atom is -0.489 e. The summed E-state index contributed by atoms with van der Waals surface area (Å²) in [5, 5.41) is 12.8. The Kier molecular flexibility index (Phi) is 6.20. The Bertz CT molecular complexity index is 1060. The molecule has 156 valence electrons. The molecule has 1 atom stereocenters. The summed E-state index contributed by atoms with van der Waals surface area (Å²) in [6, 6.07) is 12.9. The first kappa shape index (κ1) is 21.1. The van der Waals surface area contributed by atoms with E-state index in [1.165, 1.54) is 19.2 Å². The number of hydrogen-bond donors (Lipinski definition) is 2. The summed E-state index contributed by atoms with van der Waals surface area (Å²) in [6.45, 7) is 3.42. The summed E-state index contributed by atoms with van der Waals surface area (Å²) in [7, 11) is 1.25. The van der Waals surface area contributed by atoms with Crippen LogP contribution < -0.4 is 10.1 Å². The number of halogens is 1. The van der Waals surface area contributed by atoms with E-state index < -0.39 is 17.9 Å². The Morgan fingerprint density at radius 1 is 1.07 bits per heavy atom. The number of allylic oxidation sites excluding steroid dienone is 2. The largest absolute Gasteiger partial charge is 0.489 e. The zero-order valence-corrected chi connectivity index (χ0v) is 16.9. The maximum Gasteiger partial charge on any atom is 0.336 e. The Hall–Kier alpha value is -3.61. The van der Waals surface area contributed by atoms with E-state index >= 15 is 0 Å². The molecule has 7 heteroatoms. The molecule has 1 unspecified atom stereocenters. The maximum atomic E-state index is 13.5. The molecule has 0 radical (unpaired) electrons. The van der Waals surface area contributed by atoms with Gasteiger partial charge in [0.2, 0.25) is 0 Å². The molecule has 0 amide bonds. The van der Waals surface area contributed by atoms with Crippen molar-refractivity contribution in [3.63, 3.8) is 0 Å². The number of hydrogen-bond acceptors (Lipinski definition) is 5. The normalized spacial score (nSPS) is 16.2. The number of benzene rings is 2. The maximum absolute atomic E-state index is 13.5. The fraction of sp³-hybridized carbons (Fsp3) is 0.217. The van der Waals surface area contributed by atoms with Crippen LogP contribution >= 0.6 is 0 Å². The van der Waals surface area contributed by atoms with Crippen molar-refractivity contribution in [3.05, 3.63) is 88.0 Å². The van der Waals surface area contributed by atoms with E-state index in [-0.39, 0.29) is 23.6 Å². The summed E-state index contributed by atoms with van der Waals surface area (Å²) in [5.74, 6) is -2.65. The van der Waals surface area contributed by atoms with E-state index in [9.17, 15) is 19.1 Å². The molecule has 1 aliphatic rings. The molecule has 0 saturated heterocycles. The second-order valence-corrected chi connectivity index (χ2v) is 6.89. The number of aliphatic carboxylic acids is 1. The Morgan fingerprint density at radius 2 is 1.77 bits per heavy atom. The number of esters is 1. The summed E-state index contributed by atoms with van der Waals surface area (Å²) in [5.41, 5.74) is 2.30. The van der Waals surface area contributed by atoms with Gasteiger partial charge in [0.05, 0.1) is 24.2 Å². The van der Waals surface area contributed by atoms with Crippen LogP contribution in [0.3, 0.4) is 0 Å². The molecule has 2 aromatic carbocycles. The molecule has 3 rings (SSSR count). The molecule has 0 bridgehead atoms. The Labute approximate surface area is 173 Å². The molecule has 0 aromatic heterocycles. The van der Waals surface area contributed by atoms with Crippen molar-refractivity contribution >= 4 is 11.9 Å². The van der Waals surface area contributed by atoms with Crippen molar-refractivity contribution in [2.45, 2.75) is 26.4 Å². The molecule has 0 fully saturated rings. The predicted octanol–water partition coefficient (Wildman–Crippen LogP) is 3.90. The molecule has 30 heavy (non-hydrogen) atoms. The summed E-state index contributed by atoms with van der Waals surface area (Å²) >= 11 is 0.